The molecule has 2 aromatic carbocycles. The van der Waals surface area contributed by atoms with E-state index in [0.717, 1.165) is 18.4 Å². The first-order chi connectivity index (χ1) is 18.2. The quantitative estimate of drug-likeness (QED) is 0.366. The summed E-state index contributed by atoms with van der Waals surface area (Å²) in [5.74, 6) is 0.541. The summed E-state index contributed by atoms with van der Waals surface area (Å²) >= 11 is 0. The Kier molecular flexibility index (Phi) is 8.72. The van der Waals surface area contributed by atoms with Crippen LogP contribution in [0.3, 0.4) is 0 Å². The summed E-state index contributed by atoms with van der Waals surface area (Å²) in [6.07, 6.45) is 1.96. The standard InChI is InChI=1S/C30H38N2O6/c1-29(2,3)38-25(34)16-17-30(28(35)32-18-7-8-19-32)26(22-10-5-4-6-11-22)37-27(31-30)23-12-14-24(15-13-23)36-21-9-20-33/h4-6,10-15,26,33H,7-9,16-21H2,1-3H3/t26-,30-/m1/s1. The molecule has 0 aromatic heterocycles. The molecule has 0 spiro atoms. The van der Waals surface area contributed by atoms with Crippen molar-refractivity contribution in [2.45, 2.75) is 70.1 Å². The number of ether oxygens (including phenoxy) is 3. The first-order valence-electron chi connectivity index (χ1n) is 13.4. The van der Waals surface area contributed by atoms with Gasteiger partial charge in [-0.1, -0.05) is 30.3 Å². The van der Waals surface area contributed by atoms with Gasteiger partial charge in [-0.15, -0.1) is 0 Å². The second-order valence-electron chi connectivity index (χ2n) is 10.8. The molecule has 8 nitrogen and oxygen atoms in total. The molecule has 1 fully saturated rings. The number of hydrogen-bond donors (Lipinski definition) is 1. The average Bonchev–Trinajstić information content (AvgIpc) is 3.57. The molecule has 8 heteroatoms. The number of carbonyl (C=O) groups excluding carboxylic acids is 2. The summed E-state index contributed by atoms with van der Waals surface area (Å²) in [7, 11) is 0. The Labute approximate surface area is 224 Å². The third-order valence-electron chi connectivity index (χ3n) is 6.63. The molecule has 0 unspecified atom stereocenters. The van der Waals surface area contributed by atoms with E-state index in [1.807, 2.05) is 80.3 Å². The number of nitrogens with zero attached hydrogens (tertiary/aromatic N) is 2. The fraction of sp³-hybridized carbons (Fsp3) is 0.500. The summed E-state index contributed by atoms with van der Waals surface area (Å²) in [4.78, 5) is 33.8. The Hall–Kier alpha value is -3.39. The second kappa shape index (κ2) is 12.0. The van der Waals surface area contributed by atoms with Crippen LogP contribution in [0.15, 0.2) is 59.6 Å². The maximum atomic E-state index is 14.2. The molecule has 1 N–H and O–H groups in total. The molecule has 0 bridgehead atoms. The smallest absolute Gasteiger partial charge is 0.306 e. The van der Waals surface area contributed by atoms with E-state index in [1.165, 1.54) is 0 Å². The van der Waals surface area contributed by atoms with Gasteiger partial charge in [-0.2, -0.15) is 0 Å². The van der Waals surface area contributed by atoms with Crippen molar-refractivity contribution in [1.29, 1.82) is 0 Å². The number of aliphatic imine (C=N–C) groups is 1. The molecule has 0 saturated carbocycles. The van der Waals surface area contributed by atoms with E-state index in [1.54, 1.807) is 0 Å². The highest BCUT2D eigenvalue weighted by Gasteiger charge is 2.55. The van der Waals surface area contributed by atoms with Gasteiger partial charge in [-0.3, -0.25) is 9.59 Å². The van der Waals surface area contributed by atoms with Crippen molar-refractivity contribution in [1.82, 2.24) is 4.90 Å². The molecule has 2 aliphatic heterocycles. The molecule has 2 heterocycles. The highest BCUT2D eigenvalue weighted by Crippen LogP contribution is 2.44. The molecular weight excluding hydrogens is 484 g/mol. The lowest BCUT2D eigenvalue weighted by Crippen LogP contribution is -2.49. The van der Waals surface area contributed by atoms with Crippen LogP contribution in [0, 0.1) is 0 Å². The summed E-state index contributed by atoms with van der Waals surface area (Å²) < 4.78 is 17.7. The molecule has 38 heavy (non-hydrogen) atoms. The van der Waals surface area contributed by atoms with Gasteiger partial charge in [-0.25, -0.2) is 4.99 Å². The van der Waals surface area contributed by atoms with Crippen LogP contribution in [0.2, 0.25) is 0 Å². The number of esters is 1. The SMILES string of the molecule is CC(C)(C)OC(=O)CC[C@@]1(C(=O)N2CCCC2)N=C(c2ccc(OCCCO)cc2)O[C@@H]1c1ccccc1. The Morgan fingerprint density at radius 3 is 2.39 bits per heavy atom. The zero-order chi connectivity index (χ0) is 27.2. The minimum absolute atomic E-state index is 0.0396. The van der Waals surface area contributed by atoms with Gasteiger partial charge in [0, 0.05) is 38.1 Å². The fourth-order valence-corrected chi connectivity index (χ4v) is 4.86. The van der Waals surface area contributed by atoms with Gasteiger partial charge in [0.2, 0.25) is 5.90 Å². The number of aliphatic hydroxyl groups is 1. The minimum atomic E-state index is -1.30. The predicted octanol–water partition coefficient (Wildman–Crippen LogP) is 4.45. The largest absolute Gasteiger partial charge is 0.494 e. The Morgan fingerprint density at radius 1 is 1.08 bits per heavy atom. The lowest BCUT2D eigenvalue weighted by atomic mass is 9.83. The number of amides is 1. The van der Waals surface area contributed by atoms with E-state index in [4.69, 9.17) is 24.3 Å². The van der Waals surface area contributed by atoms with E-state index in [2.05, 4.69) is 0 Å². The second-order valence-corrected chi connectivity index (χ2v) is 10.8. The van der Waals surface area contributed by atoms with E-state index >= 15 is 0 Å². The van der Waals surface area contributed by atoms with Gasteiger partial charge >= 0.3 is 5.97 Å². The third kappa shape index (κ3) is 6.54. The lowest BCUT2D eigenvalue weighted by Gasteiger charge is -2.34. The van der Waals surface area contributed by atoms with Crippen LogP contribution in [-0.2, 0) is 19.1 Å². The molecule has 2 aromatic rings. The maximum absolute atomic E-state index is 14.2. The van der Waals surface area contributed by atoms with Gasteiger partial charge in [0.25, 0.3) is 5.91 Å². The van der Waals surface area contributed by atoms with Gasteiger partial charge in [0.15, 0.2) is 11.6 Å². The summed E-state index contributed by atoms with van der Waals surface area (Å²) in [6, 6.07) is 16.9. The number of aliphatic hydroxyl groups excluding tert-OH is 1. The summed E-state index contributed by atoms with van der Waals surface area (Å²) in [6.45, 7) is 7.30. The van der Waals surface area contributed by atoms with Crippen LogP contribution in [0.25, 0.3) is 0 Å². The highest BCUT2D eigenvalue weighted by atomic mass is 16.6. The predicted molar refractivity (Wildman–Crippen MR) is 144 cm³/mol. The first-order valence-corrected chi connectivity index (χ1v) is 13.4. The van der Waals surface area contributed by atoms with E-state index < -0.39 is 17.2 Å². The number of rotatable bonds is 10. The molecule has 2 aliphatic rings. The summed E-state index contributed by atoms with van der Waals surface area (Å²) in [5, 5.41) is 8.98. The van der Waals surface area contributed by atoms with Crippen molar-refractivity contribution in [3.05, 3.63) is 65.7 Å². The molecule has 204 valence electrons. The number of benzene rings is 2. The minimum Gasteiger partial charge on any atom is -0.494 e. The topological polar surface area (TPSA) is 97.7 Å². The highest BCUT2D eigenvalue weighted by molar-refractivity contribution is 6.01. The molecule has 1 amide bonds. The van der Waals surface area contributed by atoms with Crippen molar-refractivity contribution in [3.63, 3.8) is 0 Å². The number of likely N-dealkylation sites (tertiary alicyclic amines) is 1. The van der Waals surface area contributed by atoms with Crippen LogP contribution in [-0.4, -0.2) is 65.2 Å². The molecular formula is C30H38N2O6. The summed E-state index contributed by atoms with van der Waals surface area (Å²) in [5.41, 5.74) is -0.376. The van der Waals surface area contributed by atoms with E-state index in [0.29, 0.717) is 43.3 Å². The zero-order valence-electron chi connectivity index (χ0n) is 22.5. The van der Waals surface area contributed by atoms with Crippen molar-refractivity contribution < 1.29 is 28.9 Å². The molecule has 4 rings (SSSR count). The van der Waals surface area contributed by atoms with E-state index in [9.17, 15) is 9.59 Å². The average molecular weight is 523 g/mol. The molecule has 1 saturated heterocycles. The number of carbonyl (C=O) groups is 2. The van der Waals surface area contributed by atoms with Gasteiger partial charge < -0.3 is 24.2 Å². The van der Waals surface area contributed by atoms with Crippen LogP contribution in [0.1, 0.15) is 70.1 Å². The van der Waals surface area contributed by atoms with Crippen molar-refractivity contribution >= 4 is 17.8 Å². The van der Waals surface area contributed by atoms with Gasteiger partial charge in [0.1, 0.15) is 11.4 Å². The van der Waals surface area contributed by atoms with Crippen LogP contribution in [0.5, 0.6) is 5.75 Å². The Morgan fingerprint density at radius 2 is 1.76 bits per heavy atom. The van der Waals surface area contributed by atoms with Crippen molar-refractivity contribution in [3.8, 4) is 5.75 Å². The van der Waals surface area contributed by atoms with Crippen LogP contribution >= 0.6 is 0 Å². The normalized spacial score (nSPS) is 21.1. The van der Waals surface area contributed by atoms with Crippen LogP contribution < -0.4 is 4.74 Å². The zero-order valence-corrected chi connectivity index (χ0v) is 22.5. The monoisotopic (exact) mass is 522 g/mol. The van der Waals surface area contributed by atoms with E-state index in [-0.39, 0.29) is 31.3 Å². The lowest BCUT2D eigenvalue weighted by molar-refractivity contribution is -0.155. The molecule has 0 aliphatic carbocycles. The van der Waals surface area contributed by atoms with Gasteiger partial charge in [-0.05, 0) is 69.9 Å². The Bertz CT molecular complexity index is 1120. The maximum Gasteiger partial charge on any atom is 0.306 e. The van der Waals surface area contributed by atoms with Crippen LogP contribution in [0.4, 0.5) is 0 Å². The first kappa shape index (κ1) is 27.6. The molecule has 2 atom stereocenters. The third-order valence-corrected chi connectivity index (χ3v) is 6.63. The fourth-order valence-electron chi connectivity index (χ4n) is 4.86. The number of hydrogen-bond acceptors (Lipinski definition) is 7. The van der Waals surface area contributed by atoms with Crippen molar-refractivity contribution in [2.24, 2.45) is 4.99 Å². The van der Waals surface area contributed by atoms with Gasteiger partial charge in [0.05, 0.1) is 6.61 Å². The molecule has 0 radical (unpaired) electrons. The Balaban J connectivity index is 1.70. The van der Waals surface area contributed by atoms with Crippen molar-refractivity contribution in [2.75, 3.05) is 26.3 Å².